The number of nitrogens with zero attached hydrogens (tertiary/aromatic N) is 1. The number of carbonyl (C=O) groups is 1. The Bertz CT molecular complexity index is 422. The zero-order valence-electron chi connectivity index (χ0n) is 9.99. The van der Waals surface area contributed by atoms with Crippen LogP contribution in [0.25, 0.3) is 0 Å². The molecule has 0 aromatic carbocycles. The molecule has 0 aliphatic heterocycles. The van der Waals surface area contributed by atoms with Gasteiger partial charge in [-0.3, -0.25) is 4.79 Å². The third-order valence-corrected chi connectivity index (χ3v) is 3.94. The van der Waals surface area contributed by atoms with E-state index in [1.54, 1.807) is 12.3 Å². The summed E-state index contributed by atoms with van der Waals surface area (Å²) in [5.74, 6) is -0.148. The van der Waals surface area contributed by atoms with Crippen LogP contribution in [-0.4, -0.2) is 23.0 Å². The number of carbonyl (C=O) groups excluding carboxylic acids is 1. The van der Waals surface area contributed by atoms with Crippen LogP contribution in [-0.2, 0) is 0 Å². The molecule has 1 fully saturated rings. The summed E-state index contributed by atoms with van der Waals surface area (Å²) in [6.07, 6.45) is 5.78. The zero-order valence-corrected chi connectivity index (χ0v) is 12.4. The first-order valence-electron chi connectivity index (χ1n) is 5.80. The Hall–Kier alpha value is -0.650. The highest BCUT2D eigenvalue weighted by Gasteiger charge is 2.34. The molecule has 3 N–H and O–H groups in total. The predicted octanol–water partition coefficient (Wildman–Crippen LogP) is 2.27. The van der Waals surface area contributed by atoms with Crippen molar-refractivity contribution >= 4 is 34.2 Å². The molecule has 1 heterocycles. The molecule has 0 spiro atoms. The van der Waals surface area contributed by atoms with Crippen LogP contribution in [0.4, 0.5) is 0 Å². The van der Waals surface area contributed by atoms with Crippen LogP contribution in [0.15, 0.2) is 22.8 Å². The summed E-state index contributed by atoms with van der Waals surface area (Å²) >= 11 is 3.33. The fraction of sp³-hybridized carbons (Fsp3) is 0.500. The minimum absolute atomic E-state index is 0. The van der Waals surface area contributed by atoms with Gasteiger partial charge in [-0.15, -0.1) is 12.4 Å². The number of rotatable bonds is 3. The largest absolute Gasteiger partial charge is 0.344 e. The molecule has 1 saturated carbocycles. The first-order valence-corrected chi connectivity index (χ1v) is 6.59. The van der Waals surface area contributed by atoms with Crippen LogP contribution in [0.3, 0.4) is 0 Å². The molecule has 1 aromatic heterocycles. The second-order valence-electron chi connectivity index (χ2n) is 4.48. The summed E-state index contributed by atoms with van der Waals surface area (Å²) in [7, 11) is 0. The lowest BCUT2D eigenvalue weighted by molar-refractivity contribution is 0.0897. The van der Waals surface area contributed by atoms with Crippen molar-refractivity contribution in [2.45, 2.75) is 31.2 Å². The van der Waals surface area contributed by atoms with Crippen LogP contribution in [0.5, 0.6) is 0 Å². The molecule has 18 heavy (non-hydrogen) atoms. The summed E-state index contributed by atoms with van der Waals surface area (Å²) in [5, 5.41) is 3.04. The van der Waals surface area contributed by atoms with Gasteiger partial charge >= 0.3 is 0 Å². The Morgan fingerprint density at radius 1 is 1.50 bits per heavy atom. The smallest absolute Gasteiger partial charge is 0.271 e. The van der Waals surface area contributed by atoms with E-state index in [0.29, 0.717) is 16.7 Å². The third-order valence-electron chi connectivity index (χ3n) is 3.30. The normalized spacial score (nSPS) is 17.0. The van der Waals surface area contributed by atoms with Crippen molar-refractivity contribution in [1.82, 2.24) is 10.3 Å². The van der Waals surface area contributed by atoms with Crippen molar-refractivity contribution in [1.29, 1.82) is 0 Å². The van der Waals surface area contributed by atoms with Crippen molar-refractivity contribution in [3.8, 4) is 0 Å². The summed E-state index contributed by atoms with van der Waals surface area (Å²) in [5.41, 5.74) is 5.98. The number of nitrogens with one attached hydrogen (secondary N) is 1. The van der Waals surface area contributed by atoms with Crippen molar-refractivity contribution < 1.29 is 4.79 Å². The summed E-state index contributed by atoms with van der Waals surface area (Å²) in [6, 6.07) is 3.60. The number of hydrogen-bond acceptors (Lipinski definition) is 3. The van der Waals surface area contributed by atoms with Gasteiger partial charge in [0.05, 0.1) is 5.54 Å². The lowest BCUT2D eigenvalue weighted by Crippen LogP contribution is -2.51. The molecule has 0 radical (unpaired) electrons. The number of amides is 1. The van der Waals surface area contributed by atoms with E-state index in [1.165, 1.54) is 0 Å². The number of halogens is 2. The number of nitrogens with two attached hydrogens (primary N) is 1. The minimum atomic E-state index is -0.228. The van der Waals surface area contributed by atoms with Crippen molar-refractivity contribution in [3.63, 3.8) is 0 Å². The van der Waals surface area contributed by atoms with Crippen LogP contribution in [0, 0.1) is 0 Å². The van der Waals surface area contributed by atoms with E-state index in [2.05, 4.69) is 26.2 Å². The number of aromatic nitrogens is 1. The molecule has 1 aliphatic carbocycles. The highest BCUT2D eigenvalue weighted by Crippen LogP contribution is 2.29. The summed E-state index contributed by atoms with van der Waals surface area (Å²) < 4.78 is 0.711. The van der Waals surface area contributed by atoms with E-state index in [9.17, 15) is 4.79 Å². The van der Waals surface area contributed by atoms with Crippen LogP contribution in [0.2, 0.25) is 0 Å². The molecule has 1 amide bonds. The van der Waals surface area contributed by atoms with Crippen molar-refractivity contribution in [2.24, 2.45) is 5.73 Å². The standard InChI is InChI=1S/C12H16BrN3O.ClH/c13-9-4-3-7-15-10(9)11(17)16-12(8-14)5-1-2-6-12;/h3-4,7H,1-2,5-6,8,14H2,(H,16,17);1H. The Labute approximate surface area is 121 Å². The first-order chi connectivity index (χ1) is 8.17. The van der Waals surface area contributed by atoms with Gasteiger partial charge < -0.3 is 11.1 Å². The van der Waals surface area contributed by atoms with E-state index in [4.69, 9.17) is 5.73 Å². The fourth-order valence-corrected chi connectivity index (χ4v) is 2.72. The lowest BCUT2D eigenvalue weighted by atomic mass is 9.97. The Morgan fingerprint density at radius 2 is 2.17 bits per heavy atom. The van der Waals surface area contributed by atoms with E-state index in [1.807, 2.05) is 6.07 Å². The van der Waals surface area contributed by atoms with Gasteiger partial charge in [-0.25, -0.2) is 4.98 Å². The molecule has 100 valence electrons. The van der Waals surface area contributed by atoms with Gasteiger partial charge in [-0.2, -0.15) is 0 Å². The molecular formula is C12H17BrClN3O. The SMILES string of the molecule is Cl.NCC1(NC(=O)c2ncccc2Br)CCCC1. The van der Waals surface area contributed by atoms with Crippen molar-refractivity contribution in [2.75, 3.05) is 6.54 Å². The minimum Gasteiger partial charge on any atom is -0.344 e. The Kier molecular flexibility index (Phi) is 5.56. The fourth-order valence-electron chi connectivity index (χ4n) is 2.28. The molecule has 0 unspecified atom stereocenters. The monoisotopic (exact) mass is 333 g/mol. The first kappa shape index (κ1) is 15.4. The Morgan fingerprint density at radius 3 is 2.72 bits per heavy atom. The lowest BCUT2D eigenvalue weighted by Gasteiger charge is -2.28. The van der Waals surface area contributed by atoms with Gasteiger partial charge in [0.15, 0.2) is 0 Å². The maximum absolute atomic E-state index is 12.1. The summed E-state index contributed by atoms with van der Waals surface area (Å²) in [4.78, 5) is 16.2. The average molecular weight is 335 g/mol. The van der Waals surface area contributed by atoms with E-state index in [0.717, 1.165) is 25.7 Å². The number of hydrogen-bond donors (Lipinski definition) is 2. The van der Waals surface area contributed by atoms with Crippen LogP contribution < -0.4 is 11.1 Å². The van der Waals surface area contributed by atoms with Crippen molar-refractivity contribution in [3.05, 3.63) is 28.5 Å². The quantitative estimate of drug-likeness (QED) is 0.891. The molecule has 2 rings (SSSR count). The molecule has 0 bridgehead atoms. The molecule has 1 aliphatic rings. The molecule has 0 saturated heterocycles. The molecular weight excluding hydrogens is 318 g/mol. The van der Waals surface area contributed by atoms with Gasteiger partial charge in [-0.05, 0) is 40.9 Å². The van der Waals surface area contributed by atoms with E-state index in [-0.39, 0.29) is 23.9 Å². The maximum atomic E-state index is 12.1. The molecule has 0 atom stereocenters. The number of pyridine rings is 1. The second-order valence-corrected chi connectivity index (χ2v) is 5.33. The molecule has 6 heteroatoms. The molecule has 4 nitrogen and oxygen atoms in total. The van der Waals surface area contributed by atoms with Gasteiger partial charge in [0, 0.05) is 17.2 Å². The van der Waals surface area contributed by atoms with Crippen LogP contribution in [0.1, 0.15) is 36.2 Å². The zero-order chi connectivity index (χ0) is 12.3. The van der Waals surface area contributed by atoms with Gasteiger partial charge in [0.25, 0.3) is 5.91 Å². The third kappa shape index (κ3) is 3.22. The van der Waals surface area contributed by atoms with E-state index >= 15 is 0 Å². The Balaban J connectivity index is 0.00000162. The second kappa shape index (κ2) is 6.50. The maximum Gasteiger partial charge on any atom is 0.271 e. The van der Waals surface area contributed by atoms with E-state index < -0.39 is 0 Å². The molecule has 1 aromatic rings. The van der Waals surface area contributed by atoms with Gasteiger partial charge in [0.2, 0.25) is 0 Å². The van der Waals surface area contributed by atoms with Gasteiger partial charge in [0.1, 0.15) is 5.69 Å². The average Bonchev–Trinajstić information content (AvgIpc) is 2.79. The topological polar surface area (TPSA) is 68.0 Å². The highest BCUT2D eigenvalue weighted by atomic mass is 79.9. The van der Waals surface area contributed by atoms with Gasteiger partial charge in [-0.1, -0.05) is 12.8 Å². The van der Waals surface area contributed by atoms with Crippen LogP contribution >= 0.6 is 28.3 Å². The predicted molar refractivity (Wildman–Crippen MR) is 76.9 cm³/mol. The summed E-state index contributed by atoms with van der Waals surface area (Å²) in [6.45, 7) is 0.489. The highest BCUT2D eigenvalue weighted by molar-refractivity contribution is 9.10.